The molecule has 0 bridgehead atoms. The molecule has 0 amide bonds. The molecule has 2 rings (SSSR count). The van der Waals surface area contributed by atoms with Crippen molar-refractivity contribution in [3.8, 4) is 17.6 Å². The molecule has 90 valence electrons. The maximum absolute atomic E-state index is 8.90. The van der Waals surface area contributed by atoms with E-state index in [1.807, 2.05) is 19.1 Å². The Morgan fingerprint density at radius 3 is 2.72 bits per heavy atom. The minimum absolute atomic E-state index is 0.333. The second-order valence-electron chi connectivity index (χ2n) is 3.84. The van der Waals surface area contributed by atoms with Crippen molar-refractivity contribution in [2.75, 3.05) is 5.73 Å². The Morgan fingerprint density at radius 1 is 1.22 bits per heavy atom. The lowest BCUT2D eigenvalue weighted by molar-refractivity contribution is 0.481. The Bertz CT molecular complexity index is 632. The van der Waals surface area contributed by atoms with Crippen LogP contribution >= 0.6 is 11.6 Å². The fourth-order valence-corrected chi connectivity index (χ4v) is 1.69. The van der Waals surface area contributed by atoms with Gasteiger partial charge in [0.1, 0.15) is 11.8 Å². The predicted molar refractivity (Wildman–Crippen MR) is 71.8 cm³/mol. The molecule has 0 saturated heterocycles. The summed E-state index contributed by atoms with van der Waals surface area (Å²) in [5.74, 6) is 1.09. The summed E-state index contributed by atoms with van der Waals surface area (Å²) in [5.41, 5.74) is 7.52. The lowest BCUT2D eigenvalue weighted by atomic mass is 10.2. The van der Waals surface area contributed by atoms with E-state index in [2.05, 4.69) is 0 Å². The Labute approximate surface area is 110 Å². The Hall–Kier alpha value is -2.18. The van der Waals surface area contributed by atoms with Gasteiger partial charge in [-0.15, -0.1) is 0 Å². The molecule has 0 atom stereocenters. The Morgan fingerprint density at radius 2 is 2.00 bits per heavy atom. The Kier molecular flexibility index (Phi) is 3.40. The van der Waals surface area contributed by atoms with Gasteiger partial charge in [-0.1, -0.05) is 23.7 Å². The normalized spacial score (nSPS) is 9.83. The molecular weight excluding hydrogens is 248 g/mol. The summed E-state index contributed by atoms with van der Waals surface area (Å²) in [6.07, 6.45) is 0. The highest BCUT2D eigenvalue weighted by Gasteiger charge is 2.08. The smallest absolute Gasteiger partial charge is 0.151 e. The number of benzene rings is 2. The predicted octanol–water partition coefficient (Wildman–Crippen LogP) is 3.89. The third-order valence-corrected chi connectivity index (χ3v) is 2.79. The van der Waals surface area contributed by atoms with E-state index in [0.29, 0.717) is 27.8 Å². The topological polar surface area (TPSA) is 59.0 Å². The zero-order chi connectivity index (χ0) is 13.1. The van der Waals surface area contributed by atoms with Gasteiger partial charge in [-0.25, -0.2) is 0 Å². The number of para-hydroxylation sites is 1. The largest absolute Gasteiger partial charge is 0.455 e. The van der Waals surface area contributed by atoms with Gasteiger partial charge in [-0.3, -0.25) is 0 Å². The summed E-state index contributed by atoms with van der Waals surface area (Å²) in [6.45, 7) is 1.91. The molecule has 3 nitrogen and oxygen atoms in total. The van der Waals surface area contributed by atoms with E-state index in [9.17, 15) is 0 Å². The first-order valence-electron chi connectivity index (χ1n) is 5.34. The fourth-order valence-electron chi connectivity index (χ4n) is 1.53. The number of ether oxygens (including phenoxy) is 1. The molecule has 0 radical (unpaired) electrons. The first-order chi connectivity index (χ1) is 8.61. The zero-order valence-corrected chi connectivity index (χ0v) is 10.5. The van der Waals surface area contributed by atoms with E-state index >= 15 is 0 Å². The first-order valence-corrected chi connectivity index (χ1v) is 5.72. The van der Waals surface area contributed by atoms with E-state index in [-0.39, 0.29) is 0 Å². The van der Waals surface area contributed by atoms with Crippen LogP contribution in [-0.4, -0.2) is 0 Å². The first kappa shape index (κ1) is 12.3. The van der Waals surface area contributed by atoms with Gasteiger partial charge in [0.15, 0.2) is 5.75 Å². The zero-order valence-electron chi connectivity index (χ0n) is 9.77. The average Bonchev–Trinajstić information content (AvgIpc) is 2.36. The number of nitrogens with two attached hydrogens (primary N) is 1. The molecule has 2 aromatic rings. The van der Waals surface area contributed by atoms with E-state index in [0.717, 1.165) is 5.56 Å². The molecular formula is C14H11ClN2O. The van der Waals surface area contributed by atoms with Gasteiger partial charge < -0.3 is 10.5 Å². The molecule has 0 saturated carbocycles. The van der Waals surface area contributed by atoms with Crippen molar-refractivity contribution in [1.82, 2.24) is 0 Å². The molecule has 18 heavy (non-hydrogen) atoms. The van der Waals surface area contributed by atoms with Gasteiger partial charge in [0.25, 0.3) is 0 Å². The van der Waals surface area contributed by atoms with Gasteiger partial charge in [0.05, 0.1) is 11.3 Å². The van der Waals surface area contributed by atoms with Crippen LogP contribution in [-0.2, 0) is 0 Å². The average molecular weight is 259 g/mol. The Balaban J connectivity index is 2.41. The molecule has 0 unspecified atom stereocenters. The van der Waals surface area contributed by atoms with E-state index in [1.54, 1.807) is 30.3 Å². The number of hydrogen-bond donors (Lipinski definition) is 1. The monoisotopic (exact) mass is 258 g/mol. The van der Waals surface area contributed by atoms with Crippen LogP contribution in [0.3, 0.4) is 0 Å². The number of aryl methyl sites for hydroxylation is 1. The highest BCUT2D eigenvalue weighted by molar-refractivity contribution is 6.30. The molecule has 2 N–H and O–H groups in total. The van der Waals surface area contributed by atoms with Crippen molar-refractivity contribution >= 4 is 17.3 Å². The number of anilines is 1. The van der Waals surface area contributed by atoms with Gasteiger partial charge >= 0.3 is 0 Å². The van der Waals surface area contributed by atoms with Crippen LogP contribution in [0.5, 0.6) is 11.5 Å². The standard InChI is InChI=1S/C14H11ClN2O/c1-9-5-6-11(15)7-13(9)18-12-4-2-3-10(8-16)14(12)17/h2-7H,17H2,1H3. The van der Waals surface area contributed by atoms with Crippen LogP contribution in [0.25, 0.3) is 0 Å². The number of nitriles is 1. The summed E-state index contributed by atoms with van der Waals surface area (Å²) < 4.78 is 5.70. The van der Waals surface area contributed by atoms with Gasteiger partial charge in [-0.2, -0.15) is 5.26 Å². The molecule has 0 heterocycles. The number of nitrogen functional groups attached to an aromatic ring is 1. The van der Waals surface area contributed by atoms with Crippen molar-refractivity contribution in [2.24, 2.45) is 0 Å². The molecule has 4 heteroatoms. The minimum atomic E-state index is 0.333. The number of nitrogens with zero attached hydrogens (tertiary/aromatic N) is 1. The van der Waals surface area contributed by atoms with Crippen molar-refractivity contribution in [3.05, 3.63) is 52.5 Å². The molecule has 0 aliphatic carbocycles. The van der Waals surface area contributed by atoms with Crippen LogP contribution < -0.4 is 10.5 Å². The van der Waals surface area contributed by atoms with Crippen molar-refractivity contribution in [2.45, 2.75) is 6.92 Å². The number of halogens is 1. The lowest BCUT2D eigenvalue weighted by Crippen LogP contribution is -1.96. The van der Waals surface area contributed by atoms with E-state index in [4.69, 9.17) is 27.3 Å². The van der Waals surface area contributed by atoms with Crippen LogP contribution in [0, 0.1) is 18.3 Å². The molecule has 0 aromatic heterocycles. The second-order valence-corrected chi connectivity index (χ2v) is 4.28. The maximum Gasteiger partial charge on any atom is 0.151 e. The summed E-state index contributed by atoms with van der Waals surface area (Å²) in [5, 5.41) is 9.49. The third-order valence-electron chi connectivity index (χ3n) is 2.56. The van der Waals surface area contributed by atoms with Crippen molar-refractivity contribution in [3.63, 3.8) is 0 Å². The molecule has 2 aromatic carbocycles. The lowest BCUT2D eigenvalue weighted by Gasteiger charge is -2.11. The minimum Gasteiger partial charge on any atom is -0.455 e. The molecule has 0 fully saturated rings. The number of hydrogen-bond acceptors (Lipinski definition) is 3. The van der Waals surface area contributed by atoms with E-state index < -0.39 is 0 Å². The van der Waals surface area contributed by atoms with Crippen LogP contribution in [0.15, 0.2) is 36.4 Å². The maximum atomic E-state index is 8.90. The van der Waals surface area contributed by atoms with Gasteiger partial charge in [0.2, 0.25) is 0 Å². The third kappa shape index (κ3) is 2.39. The summed E-state index contributed by atoms with van der Waals surface area (Å²) >= 11 is 5.92. The van der Waals surface area contributed by atoms with Gasteiger partial charge in [-0.05, 0) is 36.8 Å². The SMILES string of the molecule is Cc1ccc(Cl)cc1Oc1cccc(C#N)c1N. The van der Waals surface area contributed by atoms with Crippen molar-refractivity contribution in [1.29, 1.82) is 5.26 Å². The fraction of sp³-hybridized carbons (Fsp3) is 0.0714. The quantitative estimate of drug-likeness (QED) is 0.831. The van der Waals surface area contributed by atoms with Crippen molar-refractivity contribution < 1.29 is 4.74 Å². The highest BCUT2D eigenvalue weighted by atomic mass is 35.5. The van der Waals surface area contributed by atoms with Gasteiger partial charge in [0, 0.05) is 5.02 Å². The molecule has 0 aliphatic rings. The number of rotatable bonds is 2. The second kappa shape index (κ2) is 4.99. The van der Waals surface area contributed by atoms with Crippen LogP contribution in [0.2, 0.25) is 5.02 Å². The van der Waals surface area contributed by atoms with Crippen LogP contribution in [0.4, 0.5) is 5.69 Å². The van der Waals surface area contributed by atoms with Crippen LogP contribution in [0.1, 0.15) is 11.1 Å². The summed E-state index contributed by atoms with van der Waals surface area (Å²) in [7, 11) is 0. The molecule has 0 spiro atoms. The molecule has 0 aliphatic heterocycles. The highest BCUT2D eigenvalue weighted by Crippen LogP contribution is 2.32. The summed E-state index contributed by atoms with van der Waals surface area (Å²) in [4.78, 5) is 0. The van der Waals surface area contributed by atoms with E-state index in [1.165, 1.54) is 0 Å². The summed E-state index contributed by atoms with van der Waals surface area (Å²) in [6, 6.07) is 12.5.